The van der Waals surface area contributed by atoms with Crippen molar-refractivity contribution in [3.05, 3.63) is 36.1 Å². The molecule has 0 spiro atoms. The standard InChI is InChI=1S/C16H7I7O/c1-3-5-7(13(21)15(23)9(3)17)11(19)6-4(2)10(18)16(24)14(22)8(6)12(5)20/h24H,1-2H3. The van der Waals surface area contributed by atoms with Crippen LogP contribution in [-0.2, 0) is 0 Å². The first-order valence-corrected chi connectivity index (χ1v) is 14.1. The molecule has 0 saturated carbocycles. The number of rotatable bonds is 0. The average Bonchev–Trinajstić information content (AvgIpc) is 2.55. The first-order chi connectivity index (χ1) is 11.1. The van der Waals surface area contributed by atoms with Crippen molar-refractivity contribution < 1.29 is 5.11 Å². The molecule has 3 rings (SSSR count). The molecule has 0 aromatic heterocycles. The van der Waals surface area contributed by atoms with Crippen LogP contribution in [0.5, 0.6) is 5.75 Å². The quantitative estimate of drug-likeness (QED) is 0.136. The molecule has 0 amide bonds. The summed E-state index contributed by atoms with van der Waals surface area (Å²) in [6.07, 6.45) is 0. The molecule has 8 heteroatoms. The monoisotopic (exact) mass is 1100 g/mol. The third kappa shape index (κ3) is 3.23. The van der Waals surface area contributed by atoms with Crippen LogP contribution >= 0.6 is 158 Å². The van der Waals surface area contributed by atoms with E-state index in [4.69, 9.17) is 0 Å². The van der Waals surface area contributed by atoms with Gasteiger partial charge in [-0.05, 0) is 183 Å². The molecule has 0 atom stereocenters. The van der Waals surface area contributed by atoms with E-state index in [9.17, 15) is 5.11 Å². The highest BCUT2D eigenvalue weighted by Gasteiger charge is 2.24. The van der Waals surface area contributed by atoms with Crippen molar-refractivity contribution in [3.8, 4) is 5.75 Å². The fraction of sp³-hybridized carbons (Fsp3) is 0.125. The van der Waals surface area contributed by atoms with E-state index in [1.165, 1.54) is 45.0 Å². The van der Waals surface area contributed by atoms with Crippen LogP contribution in [0.1, 0.15) is 11.1 Å². The third-order valence-corrected chi connectivity index (χ3v) is 14.1. The molecular weight excluding hydrogens is 1100 g/mol. The average molecular weight is 1100 g/mol. The molecular formula is C16H7I7O. The van der Waals surface area contributed by atoms with Gasteiger partial charge in [0.25, 0.3) is 0 Å². The summed E-state index contributed by atoms with van der Waals surface area (Å²) in [7, 11) is 0. The van der Waals surface area contributed by atoms with Gasteiger partial charge in [-0.2, -0.15) is 0 Å². The zero-order valence-electron chi connectivity index (χ0n) is 12.1. The molecule has 3 aromatic rings. The SMILES string of the molecule is Cc1c(I)c(O)c(I)c2c(I)c3c(C)c(I)c(I)c(I)c3c(I)c12. The lowest BCUT2D eigenvalue weighted by Crippen LogP contribution is -2.02. The Balaban J connectivity index is 2.82. The Bertz CT molecular complexity index is 892. The zero-order valence-corrected chi connectivity index (χ0v) is 27.2. The topological polar surface area (TPSA) is 20.2 Å². The van der Waals surface area contributed by atoms with Crippen molar-refractivity contribution in [2.45, 2.75) is 13.8 Å². The van der Waals surface area contributed by atoms with Crippen molar-refractivity contribution in [3.63, 3.8) is 0 Å². The van der Waals surface area contributed by atoms with Gasteiger partial charge in [-0.1, -0.05) is 0 Å². The van der Waals surface area contributed by atoms with Crippen molar-refractivity contribution >= 4 is 180 Å². The van der Waals surface area contributed by atoms with Crippen LogP contribution in [0.25, 0.3) is 21.5 Å². The summed E-state index contributed by atoms with van der Waals surface area (Å²) in [5, 5.41) is 15.7. The minimum atomic E-state index is 0.404. The summed E-state index contributed by atoms with van der Waals surface area (Å²) >= 11 is 16.9. The van der Waals surface area contributed by atoms with Crippen LogP contribution in [0, 0.1) is 38.8 Å². The first kappa shape index (κ1) is 21.8. The first-order valence-electron chi connectivity index (χ1n) is 6.55. The Morgan fingerprint density at radius 1 is 0.458 bits per heavy atom. The number of hydrogen-bond donors (Lipinski definition) is 1. The smallest absolute Gasteiger partial charge is 0.143 e. The molecule has 126 valence electrons. The summed E-state index contributed by atoms with van der Waals surface area (Å²) < 4.78 is 8.39. The molecule has 0 unspecified atom stereocenters. The fourth-order valence-corrected chi connectivity index (χ4v) is 10.7. The molecule has 1 N–H and O–H groups in total. The summed E-state index contributed by atoms with van der Waals surface area (Å²) in [4.78, 5) is 0. The lowest BCUT2D eigenvalue weighted by Gasteiger charge is -2.20. The maximum absolute atomic E-state index is 10.6. The second-order valence-corrected chi connectivity index (χ2v) is 12.8. The Labute approximate surface area is 235 Å². The molecule has 0 aliphatic carbocycles. The van der Waals surface area contributed by atoms with Gasteiger partial charge in [0.05, 0.1) is 7.14 Å². The van der Waals surface area contributed by atoms with E-state index < -0.39 is 0 Å². The van der Waals surface area contributed by atoms with Crippen LogP contribution in [0.15, 0.2) is 0 Å². The van der Waals surface area contributed by atoms with Crippen molar-refractivity contribution in [2.24, 2.45) is 0 Å². The number of benzene rings is 3. The van der Waals surface area contributed by atoms with Crippen LogP contribution in [0.2, 0.25) is 0 Å². The van der Waals surface area contributed by atoms with E-state index in [-0.39, 0.29) is 0 Å². The lowest BCUT2D eigenvalue weighted by molar-refractivity contribution is 0.468. The molecule has 0 heterocycles. The lowest BCUT2D eigenvalue weighted by atomic mass is 9.97. The Morgan fingerprint density at radius 2 is 0.875 bits per heavy atom. The second-order valence-electron chi connectivity index (χ2n) is 5.30. The van der Waals surface area contributed by atoms with Gasteiger partial charge in [-0.3, -0.25) is 0 Å². The summed E-state index contributed by atoms with van der Waals surface area (Å²) in [6, 6.07) is 0. The summed E-state index contributed by atoms with van der Waals surface area (Å²) in [6.45, 7) is 4.32. The molecule has 1 nitrogen and oxygen atoms in total. The largest absolute Gasteiger partial charge is 0.506 e. The van der Waals surface area contributed by atoms with Crippen molar-refractivity contribution in [1.29, 1.82) is 0 Å². The Morgan fingerprint density at radius 3 is 1.38 bits per heavy atom. The summed E-state index contributed by atoms with van der Waals surface area (Å²) in [5.74, 6) is 0.404. The molecule has 0 saturated heterocycles. The van der Waals surface area contributed by atoms with Gasteiger partial charge < -0.3 is 5.11 Å². The number of fused-ring (bicyclic) bond motifs is 2. The van der Waals surface area contributed by atoms with E-state index in [0.29, 0.717) is 5.75 Å². The van der Waals surface area contributed by atoms with E-state index >= 15 is 0 Å². The number of hydrogen-bond acceptors (Lipinski definition) is 1. The number of aromatic hydroxyl groups is 1. The predicted octanol–water partition coefficient (Wildman–Crippen LogP) is 8.55. The van der Waals surface area contributed by atoms with E-state index in [0.717, 1.165) is 12.7 Å². The van der Waals surface area contributed by atoms with Crippen molar-refractivity contribution in [1.82, 2.24) is 0 Å². The van der Waals surface area contributed by atoms with Gasteiger partial charge in [0.15, 0.2) is 0 Å². The third-order valence-electron chi connectivity index (χ3n) is 4.03. The number of aryl methyl sites for hydroxylation is 2. The zero-order chi connectivity index (χ0) is 18.1. The maximum atomic E-state index is 10.6. The molecule has 0 aliphatic rings. The van der Waals surface area contributed by atoms with Crippen LogP contribution < -0.4 is 0 Å². The normalized spacial score (nSPS) is 11.7. The molecule has 3 aromatic carbocycles. The molecule has 24 heavy (non-hydrogen) atoms. The molecule has 0 aliphatic heterocycles. The van der Waals surface area contributed by atoms with E-state index in [1.807, 2.05) is 0 Å². The van der Waals surface area contributed by atoms with Crippen LogP contribution in [0.3, 0.4) is 0 Å². The van der Waals surface area contributed by atoms with Gasteiger partial charge in [0.1, 0.15) is 5.75 Å². The van der Waals surface area contributed by atoms with E-state index in [1.54, 1.807) is 0 Å². The molecule has 0 bridgehead atoms. The van der Waals surface area contributed by atoms with Gasteiger partial charge in [-0.15, -0.1) is 0 Å². The Hall–Kier alpha value is 3.09. The number of halogens is 7. The minimum absolute atomic E-state index is 0.404. The highest BCUT2D eigenvalue weighted by Crippen LogP contribution is 2.47. The van der Waals surface area contributed by atoms with Crippen molar-refractivity contribution in [2.75, 3.05) is 0 Å². The van der Waals surface area contributed by atoms with E-state index in [2.05, 4.69) is 172 Å². The minimum Gasteiger partial charge on any atom is -0.506 e. The highest BCUT2D eigenvalue weighted by molar-refractivity contribution is 14.1. The Kier molecular flexibility index (Phi) is 7.33. The fourth-order valence-electron chi connectivity index (χ4n) is 2.79. The number of phenols is 1. The van der Waals surface area contributed by atoms with Crippen LogP contribution in [-0.4, -0.2) is 5.11 Å². The highest BCUT2D eigenvalue weighted by atomic mass is 127. The van der Waals surface area contributed by atoms with Gasteiger partial charge in [0, 0.05) is 39.4 Å². The van der Waals surface area contributed by atoms with Gasteiger partial charge >= 0.3 is 0 Å². The maximum Gasteiger partial charge on any atom is 0.143 e. The number of phenolic OH excluding ortho intramolecular Hbond substituents is 1. The predicted molar refractivity (Wildman–Crippen MR) is 162 cm³/mol. The van der Waals surface area contributed by atoms with Crippen LogP contribution in [0.4, 0.5) is 0 Å². The molecule has 0 fully saturated rings. The molecule has 0 radical (unpaired) electrons. The second kappa shape index (κ2) is 8.08. The van der Waals surface area contributed by atoms with Gasteiger partial charge in [0.2, 0.25) is 0 Å². The van der Waals surface area contributed by atoms with Gasteiger partial charge in [-0.25, -0.2) is 0 Å². The summed E-state index contributed by atoms with van der Waals surface area (Å²) in [5.41, 5.74) is 2.49.